The fourth-order valence-electron chi connectivity index (χ4n) is 10.5. The average molecular weight is 808 g/mol. The van der Waals surface area contributed by atoms with Crippen LogP contribution in [0, 0.1) is 0 Å². The first-order chi connectivity index (χ1) is 31.0. The monoisotopic (exact) mass is 807 g/mol. The summed E-state index contributed by atoms with van der Waals surface area (Å²) < 4.78 is 6.86. The molecule has 0 amide bonds. The molecule has 0 aliphatic heterocycles. The Hall–Kier alpha value is -7.68. The van der Waals surface area contributed by atoms with Crippen molar-refractivity contribution < 1.29 is 4.42 Å². The van der Waals surface area contributed by atoms with Crippen LogP contribution in [0.5, 0.6) is 0 Å². The number of allylic oxidation sites excluding steroid dienone is 4. The molecule has 2 nitrogen and oxygen atoms in total. The van der Waals surface area contributed by atoms with Gasteiger partial charge in [-0.15, -0.1) is 0 Å². The molecule has 0 saturated carbocycles. The largest absolute Gasteiger partial charge is 0.455 e. The third kappa shape index (κ3) is 6.09. The SMILES string of the molecule is CC1(C)c2ccccc2-c2ccc(N(C3=C(c4ccccc4)C=CCC3)c3cccc(-c4cccc5oc6c7ccccc7c(-c7ccc(-c8ccccc8)cc7)cc6c45)c3)cc21. The molecule has 0 atom stereocenters. The van der Waals surface area contributed by atoms with E-state index in [4.69, 9.17) is 4.42 Å². The Labute approximate surface area is 368 Å². The number of furan rings is 1. The van der Waals surface area contributed by atoms with E-state index in [0.29, 0.717) is 0 Å². The second-order valence-corrected chi connectivity index (χ2v) is 17.5. The van der Waals surface area contributed by atoms with Gasteiger partial charge in [-0.1, -0.05) is 190 Å². The van der Waals surface area contributed by atoms with Crippen LogP contribution in [-0.2, 0) is 5.41 Å². The van der Waals surface area contributed by atoms with Crippen LogP contribution in [0.2, 0.25) is 0 Å². The van der Waals surface area contributed by atoms with Crippen molar-refractivity contribution in [2.45, 2.75) is 32.1 Å². The molecule has 63 heavy (non-hydrogen) atoms. The van der Waals surface area contributed by atoms with E-state index in [0.717, 1.165) is 57.0 Å². The Morgan fingerprint density at radius 2 is 1.08 bits per heavy atom. The smallest absolute Gasteiger partial charge is 0.143 e. The number of benzene rings is 9. The molecule has 2 aliphatic rings. The van der Waals surface area contributed by atoms with E-state index in [9.17, 15) is 0 Å². The fourth-order valence-corrected chi connectivity index (χ4v) is 10.5. The van der Waals surface area contributed by atoms with Crippen molar-refractivity contribution >= 4 is 49.7 Å². The highest BCUT2D eigenvalue weighted by Gasteiger charge is 2.36. The van der Waals surface area contributed by atoms with Gasteiger partial charge in [-0.3, -0.25) is 0 Å². The maximum absolute atomic E-state index is 6.86. The van der Waals surface area contributed by atoms with E-state index in [1.165, 1.54) is 72.4 Å². The maximum atomic E-state index is 6.86. The molecular formula is C61H45NO. The molecule has 0 N–H and O–H groups in total. The lowest BCUT2D eigenvalue weighted by Gasteiger charge is -2.33. The van der Waals surface area contributed by atoms with Crippen LogP contribution in [0.25, 0.3) is 82.8 Å². The second-order valence-electron chi connectivity index (χ2n) is 17.5. The predicted octanol–water partition coefficient (Wildman–Crippen LogP) is 16.9. The van der Waals surface area contributed by atoms with Crippen LogP contribution in [0.4, 0.5) is 11.4 Å². The van der Waals surface area contributed by atoms with E-state index < -0.39 is 0 Å². The quantitative estimate of drug-likeness (QED) is 0.159. The van der Waals surface area contributed by atoms with E-state index in [1.807, 2.05) is 0 Å². The summed E-state index contributed by atoms with van der Waals surface area (Å²) in [5.74, 6) is 0. The minimum Gasteiger partial charge on any atom is -0.455 e. The molecule has 300 valence electrons. The first-order valence-electron chi connectivity index (χ1n) is 22.1. The van der Waals surface area contributed by atoms with Gasteiger partial charge in [0, 0.05) is 44.2 Å². The van der Waals surface area contributed by atoms with Crippen molar-refractivity contribution in [3.05, 3.63) is 235 Å². The lowest BCUT2D eigenvalue weighted by Crippen LogP contribution is -2.21. The predicted molar refractivity (Wildman–Crippen MR) is 265 cm³/mol. The van der Waals surface area contributed by atoms with Gasteiger partial charge in [0.2, 0.25) is 0 Å². The molecule has 1 heterocycles. The number of fused-ring (bicyclic) bond motifs is 8. The maximum Gasteiger partial charge on any atom is 0.143 e. The van der Waals surface area contributed by atoms with Gasteiger partial charge in [-0.05, 0) is 116 Å². The molecule has 2 heteroatoms. The van der Waals surface area contributed by atoms with Crippen molar-refractivity contribution in [2.75, 3.05) is 4.90 Å². The number of hydrogen-bond donors (Lipinski definition) is 0. The molecule has 0 saturated heterocycles. The minimum atomic E-state index is -0.122. The van der Waals surface area contributed by atoms with E-state index in [2.05, 4.69) is 231 Å². The lowest BCUT2D eigenvalue weighted by atomic mass is 9.82. The van der Waals surface area contributed by atoms with Gasteiger partial charge >= 0.3 is 0 Å². The normalized spacial score (nSPS) is 14.1. The van der Waals surface area contributed by atoms with Crippen LogP contribution in [0.3, 0.4) is 0 Å². The van der Waals surface area contributed by atoms with Gasteiger partial charge in [0.25, 0.3) is 0 Å². The Morgan fingerprint density at radius 3 is 1.90 bits per heavy atom. The van der Waals surface area contributed by atoms with E-state index in [-0.39, 0.29) is 5.41 Å². The zero-order chi connectivity index (χ0) is 42.1. The van der Waals surface area contributed by atoms with Crippen LogP contribution < -0.4 is 4.90 Å². The van der Waals surface area contributed by atoms with Crippen LogP contribution in [0.1, 0.15) is 43.4 Å². The molecule has 9 aromatic carbocycles. The molecule has 0 bridgehead atoms. The summed E-state index contributed by atoms with van der Waals surface area (Å²) in [5, 5.41) is 4.55. The zero-order valence-corrected chi connectivity index (χ0v) is 35.5. The van der Waals surface area contributed by atoms with Crippen LogP contribution >= 0.6 is 0 Å². The highest BCUT2D eigenvalue weighted by molar-refractivity contribution is 6.22. The Balaban J connectivity index is 1.04. The van der Waals surface area contributed by atoms with Crippen LogP contribution in [0.15, 0.2) is 222 Å². The zero-order valence-electron chi connectivity index (χ0n) is 35.5. The first-order valence-corrected chi connectivity index (χ1v) is 22.1. The Kier molecular flexibility index (Phi) is 8.69. The van der Waals surface area contributed by atoms with E-state index >= 15 is 0 Å². The third-order valence-corrected chi connectivity index (χ3v) is 13.5. The third-order valence-electron chi connectivity index (χ3n) is 13.5. The molecule has 1 aromatic heterocycles. The van der Waals surface area contributed by atoms with Crippen molar-refractivity contribution in [1.29, 1.82) is 0 Å². The summed E-state index contributed by atoms with van der Waals surface area (Å²) in [7, 11) is 0. The summed E-state index contributed by atoms with van der Waals surface area (Å²) in [6, 6.07) is 73.2. The summed E-state index contributed by atoms with van der Waals surface area (Å²) in [4.78, 5) is 2.53. The van der Waals surface area contributed by atoms with Crippen molar-refractivity contribution in [2.24, 2.45) is 0 Å². The van der Waals surface area contributed by atoms with Crippen molar-refractivity contribution in [3.8, 4) is 44.5 Å². The highest BCUT2D eigenvalue weighted by atomic mass is 16.3. The molecule has 10 aromatic rings. The Bertz CT molecular complexity index is 3460. The molecule has 0 radical (unpaired) electrons. The summed E-state index contributed by atoms with van der Waals surface area (Å²) in [6.07, 6.45) is 6.56. The van der Waals surface area contributed by atoms with Gasteiger partial charge in [-0.2, -0.15) is 0 Å². The molecule has 0 fully saturated rings. The topological polar surface area (TPSA) is 16.4 Å². The standard InChI is InChI=1S/C61H45NO/c1-61(2)55-28-13-11-25-50(55)51-36-35-46(38-56(51)61)62(57-29-14-12-23-47(57)42-19-7-4-8-20-42)45-22-15-21-44(37-45)48-27-16-30-58-59(48)54-39-53(49-24-9-10-26-52(49)60(54)63-58)43-33-31-41(32-34-43)40-17-5-3-6-18-40/h3-13,15-28,30-39H,14,29H2,1-2H3. The van der Waals surface area contributed by atoms with E-state index in [1.54, 1.807) is 0 Å². The van der Waals surface area contributed by atoms with Gasteiger partial charge < -0.3 is 9.32 Å². The van der Waals surface area contributed by atoms with Crippen molar-refractivity contribution in [3.63, 3.8) is 0 Å². The molecule has 0 unspecified atom stereocenters. The first kappa shape index (κ1) is 37.1. The fraction of sp³-hybridized carbons (Fsp3) is 0.0820. The Morgan fingerprint density at radius 1 is 0.444 bits per heavy atom. The highest BCUT2D eigenvalue weighted by Crippen LogP contribution is 2.51. The van der Waals surface area contributed by atoms with Gasteiger partial charge in [0.1, 0.15) is 11.2 Å². The molecule has 12 rings (SSSR count). The van der Waals surface area contributed by atoms with Crippen LogP contribution in [-0.4, -0.2) is 0 Å². The van der Waals surface area contributed by atoms with Gasteiger partial charge in [0.05, 0.1) is 0 Å². The average Bonchev–Trinajstić information content (AvgIpc) is 3.84. The second kappa shape index (κ2) is 14.8. The molecule has 2 aliphatic carbocycles. The minimum absolute atomic E-state index is 0.122. The van der Waals surface area contributed by atoms with Gasteiger partial charge in [-0.25, -0.2) is 0 Å². The molecule has 0 spiro atoms. The number of anilines is 2. The summed E-state index contributed by atoms with van der Waals surface area (Å²) in [5.41, 5.74) is 20.3. The van der Waals surface area contributed by atoms with Crippen molar-refractivity contribution in [1.82, 2.24) is 0 Å². The summed E-state index contributed by atoms with van der Waals surface area (Å²) in [6.45, 7) is 4.74. The number of rotatable bonds is 7. The van der Waals surface area contributed by atoms with Gasteiger partial charge in [0.15, 0.2) is 0 Å². The lowest BCUT2D eigenvalue weighted by molar-refractivity contribution is 0.660. The molecular weight excluding hydrogens is 763 g/mol. The number of nitrogens with zero attached hydrogens (tertiary/aromatic N) is 1. The number of hydrogen-bond acceptors (Lipinski definition) is 2. The summed E-state index contributed by atoms with van der Waals surface area (Å²) >= 11 is 0.